The van der Waals surface area contributed by atoms with Crippen LogP contribution in [0, 0.1) is 5.41 Å². The molecule has 1 heterocycles. The molecule has 2 atom stereocenters. The number of likely N-dealkylation sites (tertiary alicyclic amines) is 1. The van der Waals surface area contributed by atoms with E-state index >= 15 is 0 Å². The van der Waals surface area contributed by atoms with Crippen LogP contribution in [0.25, 0.3) is 0 Å². The zero-order valence-electron chi connectivity index (χ0n) is 15.6. The number of benzene rings is 1. The van der Waals surface area contributed by atoms with Gasteiger partial charge in [-0.1, -0.05) is 44.5 Å². The molecule has 4 nitrogen and oxygen atoms in total. The quantitative estimate of drug-likeness (QED) is 0.845. The van der Waals surface area contributed by atoms with Gasteiger partial charge < -0.3 is 10.2 Å². The van der Waals surface area contributed by atoms with Crippen LogP contribution in [0.15, 0.2) is 24.3 Å². The van der Waals surface area contributed by atoms with E-state index in [1.165, 1.54) is 6.92 Å². The molecule has 0 aromatic heterocycles. The molecule has 1 fully saturated rings. The van der Waals surface area contributed by atoms with Crippen molar-refractivity contribution in [2.45, 2.75) is 65.5 Å². The van der Waals surface area contributed by atoms with Crippen LogP contribution in [0.2, 0.25) is 5.02 Å². The third kappa shape index (κ3) is 6.03. The number of halogens is 1. The van der Waals surface area contributed by atoms with Gasteiger partial charge in [0.05, 0.1) is 12.5 Å². The Morgan fingerprint density at radius 2 is 1.92 bits per heavy atom. The van der Waals surface area contributed by atoms with Crippen LogP contribution in [0.5, 0.6) is 0 Å². The lowest BCUT2D eigenvalue weighted by atomic mass is 9.87. The maximum atomic E-state index is 12.9. The highest BCUT2D eigenvalue weighted by Gasteiger charge is 2.32. The van der Waals surface area contributed by atoms with E-state index < -0.39 is 0 Å². The second-order valence-corrected chi connectivity index (χ2v) is 8.59. The van der Waals surface area contributed by atoms with E-state index in [1.807, 2.05) is 17.0 Å². The number of hydrogen-bond acceptors (Lipinski definition) is 2. The number of rotatable bonds is 5. The summed E-state index contributed by atoms with van der Waals surface area (Å²) >= 11 is 5.95. The number of amides is 2. The van der Waals surface area contributed by atoms with Crippen LogP contribution in [0.1, 0.15) is 65.0 Å². The van der Waals surface area contributed by atoms with E-state index in [4.69, 9.17) is 11.6 Å². The summed E-state index contributed by atoms with van der Waals surface area (Å²) in [4.78, 5) is 26.5. The molecule has 0 radical (unpaired) electrons. The van der Waals surface area contributed by atoms with Crippen molar-refractivity contribution in [3.05, 3.63) is 34.9 Å². The lowest BCUT2D eigenvalue weighted by Gasteiger charge is -2.31. The second-order valence-electron chi connectivity index (χ2n) is 8.16. The van der Waals surface area contributed by atoms with E-state index in [0.717, 1.165) is 31.4 Å². The highest BCUT2D eigenvalue weighted by Crippen LogP contribution is 2.31. The summed E-state index contributed by atoms with van der Waals surface area (Å²) in [6.07, 6.45) is 3.40. The van der Waals surface area contributed by atoms with Crippen molar-refractivity contribution >= 4 is 23.4 Å². The second kappa shape index (κ2) is 8.22. The molecule has 0 bridgehead atoms. The van der Waals surface area contributed by atoms with Gasteiger partial charge in [-0.3, -0.25) is 9.59 Å². The van der Waals surface area contributed by atoms with Crippen molar-refractivity contribution in [1.82, 2.24) is 10.2 Å². The Bertz CT molecular complexity index is 607. The van der Waals surface area contributed by atoms with Crippen LogP contribution in [0.4, 0.5) is 0 Å². The molecule has 0 aliphatic carbocycles. The van der Waals surface area contributed by atoms with Crippen LogP contribution in [0.3, 0.4) is 0 Å². The van der Waals surface area contributed by atoms with Gasteiger partial charge in [-0.2, -0.15) is 0 Å². The minimum absolute atomic E-state index is 0.112. The van der Waals surface area contributed by atoms with Gasteiger partial charge in [0.2, 0.25) is 11.8 Å². The van der Waals surface area contributed by atoms with E-state index in [-0.39, 0.29) is 29.7 Å². The molecule has 0 spiro atoms. The van der Waals surface area contributed by atoms with Gasteiger partial charge in [0.25, 0.3) is 0 Å². The molecule has 25 heavy (non-hydrogen) atoms. The summed E-state index contributed by atoms with van der Waals surface area (Å²) in [5, 5.41) is 3.54. The summed E-state index contributed by atoms with van der Waals surface area (Å²) in [7, 11) is 0. The van der Waals surface area contributed by atoms with E-state index in [9.17, 15) is 9.59 Å². The molecule has 2 amide bonds. The zero-order valence-corrected chi connectivity index (χ0v) is 16.4. The number of carbonyl (C=O) groups is 2. The molecular weight excluding hydrogens is 336 g/mol. The number of carbonyl (C=O) groups excluding carboxylic acids is 2. The number of nitrogens with zero attached hydrogens (tertiary/aromatic N) is 1. The van der Waals surface area contributed by atoms with Gasteiger partial charge >= 0.3 is 0 Å². The monoisotopic (exact) mass is 364 g/mol. The summed E-state index contributed by atoms with van der Waals surface area (Å²) in [5.74, 6) is -0.0270. The van der Waals surface area contributed by atoms with Crippen LogP contribution in [-0.2, 0) is 9.59 Å². The highest BCUT2D eigenvalue weighted by molar-refractivity contribution is 6.30. The minimum Gasteiger partial charge on any atom is -0.349 e. The Balaban J connectivity index is 2.10. The molecule has 5 heteroatoms. The third-order valence-corrected chi connectivity index (χ3v) is 4.83. The fourth-order valence-electron chi connectivity index (χ4n) is 3.57. The van der Waals surface area contributed by atoms with Crippen molar-refractivity contribution < 1.29 is 9.59 Å². The first-order valence-electron chi connectivity index (χ1n) is 8.98. The van der Waals surface area contributed by atoms with Gasteiger partial charge in [-0.25, -0.2) is 0 Å². The van der Waals surface area contributed by atoms with Gasteiger partial charge in [0.1, 0.15) is 0 Å². The zero-order chi connectivity index (χ0) is 18.6. The summed E-state index contributed by atoms with van der Waals surface area (Å²) in [6.45, 7) is 8.92. The lowest BCUT2D eigenvalue weighted by molar-refractivity contribution is -0.133. The van der Waals surface area contributed by atoms with Crippen LogP contribution < -0.4 is 5.32 Å². The first kappa shape index (κ1) is 19.8. The molecule has 1 saturated heterocycles. The predicted molar refractivity (Wildman–Crippen MR) is 101 cm³/mol. The van der Waals surface area contributed by atoms with Crippen LogP contribution >= 0.6 is 11.6 Å². The fourth-order valence-corrected chi connectivity index (χ4v) is 3.69. The Kier molecular flexibility index (Phi) is 6.50. The van der Waals surface area contributed by atoms with Crippen molar-refractivity contribution in [3.63, 3.8) is 0 Å². The molecule has 1 aromatic rings. The maximum absolute atomic E-state index is 12.9. The Labute approximate surface area is 155 Å². The molecular formula is C20H29ClN2O2. The first-order valence-corrected chi connectivity index (χ1v) is 9.35. The summed E-state index contributed by atoms with van der Waals surface area (Å²) in [6, 6.07) is 7.29. The number of nitrogens with one attached hydrogen (secondary N) is 1. The van der Waals surface area contributed by atoms with Crippen molar-refractivity contribution in [2.75, 3.05) is 6.54 Å². The molecule has 2 rings (SSSR count). The highest BCUT2D eigenvalue weighted by atomic mass is 35.5. The average Bonchev–Trinajstić information content (AvgIpc) is 2.93. The van der Waals surface area contributed by atoms with E-state index in [1.54, 1.807) is 12.1 Å². The molecule has 138 valence electrons. The Hall–Kier alpha value is -1.55. The SMILES string of the molecule is CC(=O)NC(CC(=O)N1CCCC1CC(C)(C)C)c1ccc(Cl)cc1. The largest absolute Gasteiger partial charge is 0.349 e. The van der Waals surface area contributed by atoms with E-state index in [2.05, 4.69) is 26.1 Å². The molecule has 1 aliphatic rings. The van der Waals surface area contributed by atoms with Gasteiger partial charge in [-0.05, 0) is 42.4 Å². The Morgan fingerprint density at radius 3 is 2.48 bits per heavy atom. The average molecular weight is 365 g/mol. The predicted octanol–water partition coefficient (Wildman–Crippen LogP) is 4.33. The Morgan fingerprint density at radius 1 is 1.28 bits per heavy atom. The molecule has 1 N–H and O–H groups in total. The standard InChI is InChI=1S/C20H29ClN2O2/c1-14(24)22-18(15-7-9-16(21)10-8-15)12-19(25)23-11-5-6-17(23)13-20(2,3)4/h7-10,17-18H,5-6,11-13H2,1-4H3,(H,22,24). The fraction of sp³-hybridized carbons (Fsp3) is 0.600. The van der Waals surface area contributed by atoms with Crippen LogP contribution in [-0.4, -0.2) is 29.3 Å². The third-order valence-electron chi connectivity index (χ3n) is 4.57. The van der Waals surface area contributed by atoms with Crippen molar-refractivity contribution in [2.24, 2.45) is 5.41 Å². The smallest absolute Gasteiger partial charge is 0.225 e. The van der Waals surface area contributed by atoms with Gasteiger partial charge in [0.15, 0.2) is 0 Å². The van der Waals surface area contributed by atoms with Crippen molar-refractivity contribution in [3.8, 4) is 0 Å². The molecule has 2 unspecified atom stereocenters. The summed E-state index contributed by atoms with van der Waals surface area (Å²) in [5.41, 5.74) is 1.10. The minimum atomic E-state index is -0.321. The normalized spacial score (nSPS) is 18.9. The molecule has 0 saturated carbocycles. The lowest BCUT2D eigenvalue weighted by Crippen LogP contribution is -2.40. The number of hydrogen-bond donors (Lipinski definition) is 1. The topological polar surface area (TPSA) is 49.4 Å². The van der Waals surface area contributed by atoms with Crippen molar-refractivity contribution in [1.29, 1.82) is 0 Å². The van der Waals surface area contributed by atoms with E-state index in [0.29, 0.717) is 11.1 Å². The molecule has 1 aromatic carbocycles. The summed E-state index contributed by atoms with van der Waals surface area (Å²) < 4.78 is 0. The first-order chi connectivity index (χ1) is 11.7. The van der Waals surface area contributed by atoms with Gasteiger partial charge in [-0.15, -0.1) is 0 Å². The molecule has 1 aliphatic heterocycles. The maximum Gasteiger partial charge on any atom is 0.225 e. The van der Waals surface area contributed by atoms with Gasteiger partial charge in [0, 0.05) is 24.5 Å².